The van der Waals surface area contributed by atoms with Gasteiger partial charge in [-0.15, -0.1) is 13.2 Å². The minimum Gasteiger partial charge on any atom is -0.466 e. The van der Waals surface area contributed by atoms with Gasteiger partial charge in [0.2, 0.25) is 0 Å². The Labute approximate surface area is 221 Å². The topological polar surface area (TPSA) is 99.2 Å². The van der Waals surface area contributed by atoms with Gasteiger partial charge in [0.25, 0.3) is 0 Å². The Morgan fingerprint density at radius 2 is 1.45 bits per heavy atom. The molecule has 218 valence electrons. The average molecular weight is 553 g/mol. The van der Waals surface area contributed by atoms with Crippen LogP contribution in [0.4, 0.5) is 18.9 Å². The highest BCUT2D eigenvalue weighted by Crippen LogP contribution is 2.26. The molecule has 1 unspecified atom stereocenters. The Hall–Kier alpha value is -2.16. The fraction of sp³-hybridized carbons (Fsp3) is 0.720. The van der Waals surface area contributed by atoms with Gasteiger partial charge < -0.3 is 38.4 Å². The number of carbonyl (C=O) groups excluding carboxylic acids is 1. The molecule has 1 saturated heterocycles. The predicted molar refractivity (Wildman–Crippen MR) is 132 cm³/mol. The minimum atomic E-state index is -4.72. The molecule has 0 aromatic heterocycles. The third-order valence-corrected chi connectivity index (χ3v) is 5.64. The summed E-state index contributed by atoms with van der Waals surface area (Å²) in [5, 5.41) is 8.62. The van der Waals surface area contributed by atoms with Crippen molar-refractivity contribution in [3.63, 3.8) is 0 Å². The Bertz CT molecular complexity index is 762. The third-order valence-electron chi connectivity index (χ3n) is 5.64. The van der Waals surface area contributed by atoms with Crippen molar-refractivity contribution in [2.24, 2.45) is 0 Å². The number of alkyl halides is 3. The van der Waals surface area contributed by atoms with Crippen LogP contribution in [0.5, 0.6) is 5.75 Å². The van der Waals surface area contributed by atoms with Crippen LogP contribution in [-0.4, -0.2) is 121 Å². The van der Waals surface area contributed by atoms with Gasteiger partial charge in [0, 0.05) is 37.9 Å². The van der Waals surface area contributed by atoms with E-state index in [1.54, 1.807) is 19.1 Å². The van der Waals surface area contributed by atoms with E-state index in [4.69, 9.17) is 28.8 Å². The van der Waals surface area contributed by atoms with E-state index in [2.05, 4.69) is 14.5 Å². The summed E-state index contributed by atoms with van der Waals surface area (Å²) in [6, 6.07) is 5.64. The molecule has 13 heteroatoms. The highest BCUT2D eigenvalue weighted by atomic mass is 19.4. The van der Waals surface area contributed by atoms with E-state index in [9.17, 15) is 18.0 Å². The number of ether oxygens (including phenoxy) is 6. The second kappa shape index (κ2) is 18.2. The number of hydrogen-bond donors (Lipinski definition) is 1. The van der Waals surface area contributed by atoms with Crippen LogP contribution in [0.1, 0.15) is 13.3 Å². The summed E-state index contributed by atoms with van der Waals surface area (Å²) in [6.07, 6.45) is -4.52. The summed E-state index contributed by atoms with van der Waals surface area (Å²) in [7, 11) is 0. The Balaban J connectivity index is 1.71. The minimum absolute atomic E-state index is 0.0124. The standard InChI is InChI=1S/C25H39F3N2O8/c1-2-37-24(32)19-22(20-36-18-17-35-16-15-34-14-13-33-12-11-31)30-9-7-29(8-10-30)21-3-5-23(6-4-21)38-25(26,27)28/h3-6,22,31H,2,7-20H2,1H3. The van der Waals surface area contributed by atoms with Gasteiger partial charge in [0.1, 0.15) is 5.75 Å². The van der Waals surface area contributed by atoms with Crippen LogP contribution in [0, 0.1) is 0 Å². The lowest BCUT2D eigenvalue weighted by Gasteiger charge is -2.40. The molecule has 10 nitrogen and oxygen atoms in total. The second-order valence-corrected chi connectivity index (χ2v) is 8.36. The van der Waals surface area contributed by atoms with Crippen molar-refractivity contribution in [2.75, 3.05) is 97.1 Å². The largest absolute Gasteiger partial charge is 0.573 e. The zero-order valence-electron chi connectivity index (χ0n) is 21.8. The zero-order chi connectivity index (χ0) is 27.6. The molecule has 38 heavy (non-hydrogen) atoms. The van der Waals surface area contributed by atoms with Crippen molar-refractivity contribution in [3.05, 3.63) is 24.3 Å². The molecular formula is C25H39F3N2O8. The quantitative estimate of drug-likeness (QED) is 0.203. The third kappa shape index (κ3) is 13.6. The van der Waals surface area contributed by atoms with Crippen molar-refractivity contribution >= 4 is 11.7 Å². The van der Waals surface area contributed by atoms with E-state index in [1.807, 2.05) is 0 Å². The Morgan fingerprint density at radius 1 is 0.895 bits per heavy atom. The van der Waals surface area contributed by atoms with Crippen LogP contribution >= 0.6 is 0 Å². The molecule has 1 aliphatic heterocycles. The lowest BCUT2D eigenvalue weighted by molar-refractivity contribution is -0.274. The number of nitrogens with zero attached hydrogens (tertiary/aromatic N) is 2. The lowest BCUT2D eigenvalue weighted by atomic mass is 10.1. The van der Waals surface area contributed by atoms with Gasteiger partial charge in [-0.05, 0) is 31.2 Å². The van der Waals surface area contributed by atoms with Gasteiger partial charge in [-0.1, -0.05) is 0 Å². The molecule has 0 amide bonds. The molecule has 0 radical (unpaired) electrons. The second-order valence-electron chi connectivity index (χ2n) is 8.36. The average Bonchev–Trinajstić information content (AvgIpc) is 2.88. The summed E-state index contributed by atoms with van der Waals surface area (Å²) in [6.45, 7) is 7.74. The number of carbonyl (C=O) groups is 1. The van der Waals surface area contributed by atoms with Crippen molar-refractivity contribution in [3.8, 4) is 5.75 Å². The van der Waals surface area contributed by atoms with Gasteiger partial charge in [-0.25, -0.2) is 0 Å². The van der Waals surface area contributed by atoms with E-state index in [-0.39, 0.29) is 30.8 Å². The Kier molecular flexibility index (Phi) is 15.3. The summed E-state index contributed by atoms with van der Waals surface area (Å²) in [4.78, 5) is 16.4. The van der Waals surface area contributed by atoms with Crippen LogP contribution < -0.4 is 9.64 Å². The smallest absolute Gasteiger partial charge is 0.466 e. The fourth-order valence-corrected chi connectivity index (χ4v) is 3.85. The highest BCUT2D eigenvalue weighted by Gasteiger charge is 2.31. The molecule has 0 spiro atoms. The number of piperazine rings is 1. The van der Waals surface area contributed by atoms with Gasteiger partial charge in [-0.3, -0.25) is 9.69 Å². The predicted octanol–water partition coefficient (Wildman–Crippen LogP) is 2.09. The summed E-state index contributed by atoms with van der Waals surface area (Å²) in [5.41, 5.74) is 0.802. The van der Waals surface area contributed by atoms with Crippen molar-refractivity contribution in [2.45, 2.75) is 25.7 Å². The van der Waals surface area contributed by atoms with E-state index in [0.29, 0.717) is 85.6 Å². The first-order valence-electron chi connectivity index (χ1n) is 12.7. The van der Waals surface area contributed by atoms with Crippen LogP contribution in [-0.2, 0) is 28.5 Å². The maximum absolute atomic E-state index is 12.4. The number of aliphatic hydroxyl groups excluding tert-OH is 1. The molecule has 0 aliphatic carbocycles. The van der Waals surface area contributed by atoms with Crippen LogP contribution in [0.2, 0.25) is 0 Å². The van der Waals surface area contributed by atoms with Crippen molar-refractivity contribution < 1.29 is 51.5 Å². The number of aliphatic hydroxyl groups is 1. The molecule has 0 saturated carbocycles. The number of hydrogen-bond acceptors (Lipinski definition) is 10. The molecule has 2 rings (SSSR count). The number of rotatable bonds is 19. The van der Waals surface area contributed by atoms with E-state index < -0.39 is 6.36 Å². The molecule has 1 aliphatic rings. The molecule has 1 aromatic carbocycles. The maximum atomic E-state index is 12.4. The van der Waals surface area contributed by atoms with E-state index >= 15 is 0 Å². The first-order chi connectivity index (χ1) is 18.3. The molecule has 1 fully saturated rings. The number of esters is 1. The molecule has 0 bridgehead atoms. The molecular weight excluding hydrogens is 513 g/mol. The molecule has 1 atom stereocenters. The number of halogens is 3. The van der Waals surface area contributed by atoms with E-state index in [1.165, 1.54) is 12.1 Å². The number of benzene rings is 1. The lowest BCUT2D eigenvalue weighted by Crippen LogP contribution is -2.52. The normalized spacial score (nSPS) is 15.4. The Morgan fingerprint density at radius 3 is 1.97 bits per heavy atom. The summed E-state index contributed by atoms with van der Waals surface area (Å²) in [5.74, 6) is -0.549. The number of anilines is 1. The first kappa shape index (κ1) is 32.1. The van der Waals surface area contributed by atoms with Crippen LogP contribution in [0.15, 0.2) is 24.3 Å². The maximum Gasteiger partial charge on any atom is 0.573 e. The highest BCUT2D eigenvalue weighted by molar-refractivity contribution is 5.70. The van der Waals surface area contributed by atoms with Crippen LogP contribution in [0.25, 0.3) is 0 Å². The van der Waals surface area contributed by atoms with Gasteiger partial charge in [0.15, 0.2) is 0 Å². The molecule has 1 heterocycles. The van der Waals surface area contributed by atoms with E-state index in [0.717, 1.165) is 5.69 Å². The molecule has 1 N–H and O–H groups in total. The van der Waals surface area contributed by atoms with Crippen molar-refractivity contribution in [1.29, 1.82) is 0 Å². The van der Waals surface area contributed by atoms with Crippen molar-refractivity contribution in [1.82, 2.24) is 4.90 Å². The summed E-state index contributed by atoms with van der Waals surface area (Å²) >= 11 is 0. The summed E-state index contributed by atoms with van der Waals surface area (Å²) < 4.78 is 68.0. The molecule has 1 aromatic rings. The SMILES string of the molecule is CCOC(=O)CC(COCCOCCOCCOCCO)N1CCN(c2ccc(OC(F)(F)F)cc2)CC1. The van der Waals surface area contributed by atoms with Gasteiger partial charge in [0.05, 0.1) is 72.5 Å². The van der Waals surface area contributed by atoms with Gasteiger partial charge >= 0.3 is 12.3 Å². The van der Waals surface area contributed by atoms with Crippen LogP contribution in [0.3, 0.4) is 0 Å². The first-order valence-corrected chi connectivity index (χ1v) is 12.7. The monoisotopic (exact) mass is 552 g/mol. The zero-order valence-corrected chi connectivity index (χ0v) is 21.8. The fourth-order valence-electron chi connectivity index (χ4n) is 3.85. The van der Waals surface area contributed by atoms with Gasteiger partial charge in [-0.2, -0.15) is 0 Å².